The fraction of sp³-hybridized carbons (Fsp3) is 0.450. The molecule has 0 radical (unpaired) electrons. The number of para-hydroxylation sites is 1. The van der Waals surface area contributed by atoms with Crippen molar-refractivity contribution in [3.63, 3.8) is 0 Å². The van der Waals surface area contributed by atoms with Crippen LogP contribution in [0, 0.1) is 0 Å². The summed E-state index contributed by atoms with van der Waals surface area (Å²) in [7, 11) is 1.59. The molecule has 2 amide bonds. The SMILES string of the molecule is COc1cc(C(=O)N2CC[C@@]34OCCCN3C(=O)C[C@@H]24)nc2ccccc12. The number of amides is 2. The van der Waals surface area contributed by atoms with Crippen LogP contribution in [0.3, 0.4) is 0 Å². The maximum atomic E-state index is 13.3. The van der Waals surface area contributed by atoms with Crippen LogP contribution >= 0.6 is 0 Å². The molecular weight excluding hydrogens is 346 g/mol. The highest BCUT2D eigenvalue weighted by Gasteiger charge is 2.61. The first-order valence-corrected chi connectivity index (χ1v) is 9.33. The number of fused-ring (bicyclic) bond motifs is 1. The lowest BCUT2D eigenvalue weighted by Gasteiger charge is -2.42. The number of hydrogen-bond acceptors (Lipinski definition) is 5. The summed E-state index contributed by atoms with van der Waals surface area (Å²) in [5.41, 5.74) is 0.405. The van der Waals surface area contributed by atoms with Gasteiger partial charge in [-0.05, 0) is 18.6 Å². The topological polar surface area (TPSA) is 72.0 Å². The lowest BCUT2D eigenvalue weighted by atomic mass is 10.0. The molecule has 4 heterocycles. The van der Waals surface area contributed by atoms with E-state index in [0.29, 0.717) is 49.5 Å². The molecule has 5 rings (SSSR count). The van der Waals surface area contributed by atoms with Gasteiger partial charge in [0.15, 0.2) is 5.72 Å². The van der Waals surface area contributed by atoms with Crippen LogP contribution in [0.15, 0.2) is 30.3 Å². The van der Waals surface area contributed by atoms with Gasteiger partial charge in [-0.25, -0.2) is 4.98 Å². The zero-order valence-corrected chi connectivity index (χ0v) is 15.2. The second-order valence-electron chi connectivity index (χ2n) is 7.29. The van der Waals surface area contributed by atoms with E-state index in [1.165, 1.54) is 0 Å². The van der Waals surface area contributed by atoms with E-state index in [0.717, 1.165) is 11.8 Å². The van der Waals surface area contributed by atoms with Gasteiger partial charge in [0.1, 0.15) is 11.4 Å². The molecule has 0 N–H and O–H groups in total. The third kappa shape index (κ3) is 2.27. The van der Waals surface area contributed by atoms with E-state index in [2.05, 4.69) is 4.98 Å². The van der Waals surface area contributed by atoms with Crippen molar-refractivity contribution in [2.24, 2.45) is 0 Å². The standard InChI is InChI=1S/C20H21N3O4/c1-26-16-11-15(21-14-6-3-2-5-13(14)16)19(25)22-9-7-20-17(22)12-18(24)23(20)8-4-10-27-20/h2-3,5-6,11,17H,4,7-10,12H2,1H3/t17-,20+/m1/s1. The molecule has 1 aromatic carbocycles. The van der Waals surface area contributed by atoms with Gasteiger partial charge in [0.25, 0.3) is 5.91 Å². The van der Waals surface area contributed by atoms with Crippen LogP contribution in [0.1, 0.15) is 29.8 Å². The van der Waals surface area contributed by atoms with Crippen molar-refractivity contribution in [2.75, 3.05) is 26.8 Å². The number of likely N-dealkylation sites (tertiary alicyclic amines) is 1. The first kappa shape index (κ1) is 16.5. The molecule has 2 atom stereocenters. The van der Waals surface area contributed by atoms with Gasteiger partial charge in [-0.1, -0.05) is 12.1 Å². The minimum absolute atomic E-state index is 0.0706. The fourth-order valence-electron chi connectivity index (χ4n) is 4.76. The van der Waals surface area contributed by atoms with Crippen molar-refractivity contribution in [3.05, 3.63) is 36.0 Å². The Hall–Kier alpha value is -2.67. The van der Waals surface area contributed by atoms with Crippen LogP contribution in [-0.2, 0) is 9.53 Å². The summed E-state index contributed by atoms with van der Waals surface area (Å²) in [6.07, 6.45) is 1.81. The molecule has 1 aromatic heterocycles. The van der Waals surface area contributed by atoms with Crippen LogP contribution in [-0.4, -0.2) is 65.2 Å². The van der Waals surface area contributed by atoms with E-state index < -0.39 is 5.72 Å². The molecule has 3 fully saturated rings. The van der Waals surface area contributed by atoms with Gasteiger partial charge in [-0.2, -0.15) is 0 Å². The number of methoxy groups -OCH3 is 1. The molecule has 0 unspecified atom stereocenters. The Morgan fingerprint density at radius 2 is 2.19 bits per heavy atom. The predicted molar refractivity (Wildman–Crippen MR) is 97.4 cm³/mol. The lowest BCUT2D eigenvalue weighted by molar-refractivity contribution is -0.179. The van der Waals surface area contributed by atoms with Crippen molar-refractivity contribution >= 4 is 22.7 Å². The number of benzene rings is 1. The summed E-state index contributed by atoms with van der Waals surface area (Å²) in [5, 5.41) is 0.868. The summed E-state index contributed by atoms with van der Waals surface area (Å²) in [6.45, 7) is 1.90. The summed E-state index contributed by atoms with van der Waals surface area (Å²) in [4.78, 5) is 33.9. The van der Waals surface area contributed by atoms with Crippen molar-refractivity contribution in [1.82, 2.24) is 14.8 Å². The summed E-state index contributed by atoms with van der Waals surface area (Å²) in [5.74, 6) is 0.516. The maximum Gasteiger partial charge on any atom is 0.273 e. The first-order chi connectivity index (χ1) is 13.1. The minimum atomic E-state index is -0.647. The highest BCUT2D eigenvalue weighted by Crippen LogP contribution is 2.45. The number of pyridine rings is 1. The summed E-state index contributed by atoms with van der Waals surface area (Å²) < 4.78 is 11.6. The molecular formula is C20H21N3O4. The van der Waals surface area contributed by atoms with Gasteiger partial charge < -0.3 is 19.3 Å². The maximum absolute atomic E-state index is 13.3. The van der Waals surface area contributed by atoms with Crippen molar-refractivity contribution in [1.29, 1.82) is 0 Å². The number of aromatic nitrogens is 1. The molecule has 0 saturated carbocycles. The van der Waals surface area contributed by atoms with Crippen LogP contribution in [0.2, 0.25) is 0 Å². The molecule has 3 saturated heterocycles. The molecule has 7 nitrogen and oxygen atoms in total. The third-order valence-corrected chi connectivity index (χ3v) is 5.99. The second kappa shape index (κ2) is 5.92. The predicted octanol–water partition coefficient (Wildman–Crippen LogP) is 1.81. The van der Waals surface area contributed by atoms with E-state index in [1.54, 1.807) is 18.1 Å². The highest BCUT2D eigenvalue weighted by molar-refractivity contribution is 5.98. The average molecular weight is 367 g/mol. The number of ether oxygens (including phenoxy) is 2. The van der Waals surface area contributed by atoms with E-state index in [4.69, 9.17) is 9.47 Å². The van der Waals surface area contributed by atoms with E-state index >= 15 is 0 Å². The Balaban J connectivity index is 1.52. The molecule has 1 spiro atoms. The van der Waals surface area contributed by atoms with Crippen molar-refractivity contribution in [2.45, 2.75) is 31.0 Å². The normalized spacial score (nSPS) is 27.0. The molecule has 3 aliphatic rings. The van der Waals surface area contributed by atoms with Crippen LogP contribution in [0.4, 0.5) is 0 Å². The highest BCUT2D eigenvalue weighted by atomic mass is 16.5. The summed E-state index contributed by atoms with van der Waals surface area (Å²) >= 11 is 0. The molecule has 27 heavy (non-hydrogen) atoms. The Morgan fingerprint density at radius 3 is 3.04 bits per heavy atom. The number of hydrogen-bond donors (Lipinski definition) is 0. The Kier molecular flexibility index (Phi) is 3.62. The van der Waals surface area contributed by atoms with Gasteiger partial charge in [-0.15, -0.1) is 0 Å². The molecule has 140 valence electrons. The van der Waals surface area contributed by atoms with Crippen LogP contribution < -0.4 is 4.74 Å². The van der Waals surface area contributed by atoms with Crippen LogP contribution in [0.25, 0.3) is 10.9 Å². The average Bonchev–Trinajstić information content (AvgIpc) is 3.18. The number of nitrogens with zero attached hydrogens (tertiary/aromatic N) is 3. The third-order valence-electron chi connectivity index (χ3n) is 5.99. The smallest absolute Gasteiger partial charge is 0.273 e. The van der Waals surface area contributed by atoms with E-state index in [-0.39, 0.29) is 17.9 Å². The zero-order chi connectivity index (χ0) is 18.6. The number of rotatable bonds is 2. The monoisotopic (exact) mass is 367 g/mol. The minimum Gasteiger partial charge on any atom is -0.496 e. The molecule has 3 aliphatic heterocycles. The Morgan fingerprint density at radius 1 is 1.33 bits per heavy atom. The Bertz CT molecular complexity index is 946. The van der Waals surface area contributed by atoms with Gasteiger partial charge in [0, 0.05) is 31.0 Å². The molecule has 0 bridgehead atoms. The van der Waals surface area contributed by atoms with Crippen molar-refractivity contribution < 1.29 is 19.1 Å². The van der Waals surface area contributed by atoms with E-state index in [9.17, 15) is 9.59 Å². The largest absolute Gasteiger partial charge is 0.496 e. The van der Waals surface area contributed by atoms with Crippen LogP contribution in [0.5, 0.6) is 5.75 Å². The number of carbonyl (C=O) groups is 2. The summed E-state index contributed by atoms with van der Waals surface area (Å²) in [6, 6.07) is 9.02. The first-order valence-electron chi connectivity index (χ1n) is 9.33. The molecule has 2 aromatic rings. The van der Waals surface area contributed by atoms with Gasteiger partial charge in [0.05, 0.1) is 31.7 Å². The van der Waals surface area contributed by atoms with Crippen molar-refractivity contribution in [3.8, 4) is 5.75 Å². The van der Waals surface area contributed by atoms with Gasteiger partial charge in [0.2, 0.25) is 5.91 Å². The molecule has 0 aliphatic carbocycles. The van der Waals surface area contributed by atoms with Gasteiger partial charge >= 0.3 is 0 Å². The van der Waals surface area contributed by atoms with Gasteiger partial charge in [-0.3, -0.25) is 9.59 Å². The second-order valence-corrected chi connectivity index (χ2v) is 7.29. The number of carbonyl (C=O) groups excluding carboxylic acids is 2. The zero-order valence-electron chi connectivity index (χ0n) is 15.2. The fourth-order valence-corrected chi connectivity index (χ4v) is 4.76. The lowest BCUT2D eigenvalue weighted by Crippen LogP contribution is -2.56. The Labute approximate surface area is 156 Å². The molecule has 7 heteroatoms. The van der Waals surface area contributed by atoms with E-state index in [1.807, 2.05) is 29.2 Å². The quantitative estimate of drug-likeness (QED) is 0.809.